The fraction of sp³-hybridized carbons (Fsp3) is 0.917. The van der Waals surface area contributed by atoms with E-state index in [1.165, 1.54) is 0 Å². The van der Waals surface area contributed by atoms with Crippen LogP contribution in [0.25, 0.3) is 0 Å². The fourth-order valence-electron chi connectivity index (χ4n) is 1.96. The summed E-state index contributed by atoms with van der Waals surface area (Å²) in [7, 11) is 4.03. The van der Waals surface area contributed by atoms with Gasteiger partial charge in [0.05, 0.1) is 0 Å². The van der Waals surface area contributed by atoms with Crippen LogP contribution in [0.2, 0.25) is 0 Å². The molecule has 1 rings (SSSR count). The Bertz CT molecular complexity index is 239. The Hall–Kier alpha value is -0.770. The lowest BCUT2D eigenvalue weighted by Crippen LogP contribution is -2.52. The van der Waals surface area contributed by atoms with Crippen LogP contribution in [0.5, 0.6) is 0 Å². The summed E-state index contributed by atoms with van der Waals surface area (Å²) >= 11 is 0. The summed E-state index contributed by atoms with van der Waals surface area (Å²) < 4.78 is 0. The van der Waals surface area contributed by atoms with E-state index in [4.69, 9.17) is 0 Å². The predicted octanol–water partition coefficient (Wildman–Crippen LogP) is 1.52. The van der Waals surface area contributed by atoms with E-state index in [0.29, 0.717) is 6.04 Å². The maximum absolute atomic E-state index is 11.9. The number of carbonyl (C=O) groups excluding carboxylic acids is 1. The van der Waals surface area contributed by atoms with E-state index in [-0.39, 0.29) is 11.6 Å². The topological polar surface area (TPSA) is 35.6 Å². The molecule has 0 aromatic heterocycles. The van der Waals surface area contributed by atoms with Gasteiger partial charge in [-0.2, -0.15) is 0 Å². The maximum atomic E-state index is 11.9. The summed E-state index contributed by atoms with van der Waals surface area (Å²) in [6.45, 7) is 8.18. The van der Waals surface area contributed by atoms with Gasteiger partial charge in [-0.05, 0) is 53.8 Å². The van der Waals surface area contributed by atoms with Crippen LogP contribution in [-0.4, -0.2) is 54.6 Å². The fourth-order valence-corrected chi connectivity index (χ4v) is 1.96. The molecule has 2 amide bonds. The van der Waals surface area contributed by atoms with Gasteiger partial charge in [0.15, 0.2) is 0 Å². The second kappa shape index (κ2) is 5.04. The molecule has 0 aliphatic carbocycles. The van der Waals surface area contributed by atoms with Gasteiger partial charge in [-0.3, -0.25) is 0 Å². The SMILES string of the molecule is CN1CCC(N(C)C(=O)NC(C)(C)C)CC1. The van der Waals surface area contributed by atoms with Crippen LogP contribution in [0.4, 0.5) is 4.79 Å². The molecule has 0 bridgehead atoms. The lowest BCUT2D eigenvalue weighted by molar-refractivity contribution is 0.143. The van der Waals surface area contributed by atoms with Gasteiger partial charge in [0, 0.05) is 18.6 Å². The molecule has 1 saturated heterocycles. The Morgan fingerprint density at radius 3 is 2.25 bits per heavy atom. The van der Waals surface area contributed by atoms with Crippen molar-refractivity contribution in [2.75, 3.05) is 27.2 Å². The number of nitrogens with zero attached hydrogens (tertiary/aromatic N) is 2. The van der Waals surface area contributed by atoms with E-state index < -0.39 is 0 Å². The molecule has 4 nitrogen and oxygen atoms in total. The molecular weight excluding hydrogens is 202 g/mol. The zero-order chi connectivity index (χ0) is 12.3. The van der Waals surface area contributed by atoms with E-state index in [1.54, 1.807) is 0 Å². The average Bonchev–Trinajstić information content (AvgIpc) is 2.15. The minimum atomic E-state index is -0.156. The number of likely N-dealkylation sites (tertiary alicyclic amines) is 1. The Morgan fingerprint density at radius 1 is 1.31 bits per heavy atom. The monoisotopic (exact) mass is 227 g/mol. The zero-order valence-electron chi connectivity index (χ0n) is 11.2. The molecule has 4 heteroatoms. The van der Waals surface area contributed by atoms with Crippen LogP contribution < -0.4 is 5.32 Å². The predicted molar refractivity (Wildman–Crippen MR) is 66.6 cm³/mol. The van der Waals surface area contributed by atoms with Crippen molar-refractivity contribution < 1.29 is 4.79 Å². The molecule has 1 N–H and O–H groups in total. The van der Waals surface area contributed by atoms with Gasteiger partial charge in [0.1, 0.15) is 0 Å². The second-order valence-corrected chi connectivity index (χ2v) is 5.83. The number of hydrogen-bond acceptors (Lipinski definition) is 2. The lowest BCUT2D eigenvalue weighted by Gasteiger charge is -2.36. The molecular formula is C12H25N3O. The van der Waals surface area contributed by atoms with Crippen LogP contribution in [-0.2, 0) is 0 Å². The first-order chi connectivity index (χ1) is 7.29. The van der Waals surface area contributed by atoms with Crippen molar-refractivity contribution in [2.24, 2.45) is 0 Å². The minimum Gasteiger partial charge on any atom is -0.333 e. The standard InChI is InChI=1S/C12H25N3O/c1-12(2,3)13-11(16)15(5)10-6-8-14(4)9-7-10/h10H,6-9H2,1-5H3,(H,13,16). The molecule has 1 aliphatic heterocycles. The first-order valence-corrected chi connectivity index (χ1v) is 6.03. The summed E-state index contributed by atoms with van der Waals surface area (Å²) in [5.74, 6) is 0. The highest BCUT2D eigenvalue weighted by Gasteiger charge is 2.25. The zero-order valence-corrected chi connectivity index (χ0v) is 11.2. The molecule has 0 atom stereocenters. The molecule has 0 aromatic rings. The smallest absolute Gasteiger partial charge is 0.317 e. The molecule has 0 unspecified atom stereocenters. The maximum Gasteiger partial charge on any atom is 0.317 e. The number of hydrogen-bond donors (Lipinski definition) is 1. The van der Waals surface area contributed by atoms with Gasteiger partial charge in [-0.15, -0.1) is 0 Å². The summed E-state index contributed by atoms with van der Waals surface area (Å²) in [4.78, 5) is 16.1. The Labute approximate surface area is 99.0 Å². The van der Waals surface area contributed by atoms with Crippen molar-refractivity contribution in [3.63, 3.8) is 0 Å². The molecule has 94 valence electrons. The van der Waals surface area contributed by atoms with E-state index in [2.05, 4.69) is 17.3 Å². The third kappa shape index (κ3) is 4.00. The number of amides is 2. The second-order valence-electron chi connectivity index (χ2n) is 5.83. The summed E-state index contributed by atoms with van der Waals surface area (Å²) in [6.07, 6.45) is 2.15. The van der Waals surface area contributed by atoms with Crippen molar-refractivity contribution in [1.29, 1.82) is 0 Å². The molecule has 1 heterocycles. The normalized spacial score (nSPS) is 19.6. The van der Waals surface area contributed by atoms with E-state index >= 15 is 0 Å². The highest BCUT2D eigenvalue weighted by molar-refractivity contribution is 5.75. The van der Waals surface area contributed by atoms with Crippen LogP contribution in [0, 0.1) is 0 Å². The lowest BCUT2D eigenvalue weighted by atomic mass is 10.0. The average molecular weight is 227 g/mol. The van der Waals surface area contributed by atoms with Crippen molar-refractivity contribution in [1.82, 2.24) is 15.1 Å². The first-order valence-electron chi connectivity index (χ1n) is 6.03. The van der Waals surface area contributed by atoms with Crippen molar-refractivity contribution in [2.45, 2.75) is 45.2 Å². The molecule has 0 spiro atoms. The third-order valence-corrected chi connectivity index (χ3v) is 3.04. The Morgan fingerprint density at radius 2 is 1.81 bits per heavy atom. The van der Waals surface area contributed by atoms with Gasteiger partial charge in [-0.25, -0.2) is 4.79 Å². The number of rotatable bonds is 1. The summed E-state index contributed by atoms with van der Waals surface area (Å²) in [5, 5.41) is 3.00. The van der Waals surface area contributed by atoms with Crippen molar-refractivity contribution in [3.05, 3.63) is 0 Å². The number of urea groups is 1. The molecule has 1 aliphatic rings. The third-order valence-electron chi connectivity index (χ3n) is 3.04. The summed E-state index contributed by atoms with van der Waals surface area (Å²) in [6, 6.07) is 0.431. The quantitative estimate of drug-likeness (QED) is 0.737. The van der Waals surface area contributed by atoms with Crippen LogP contribution in [0.3, 0.4) is 0 Å². The molecule has 0 aromatic carbocycles. The van der Waals surface area contributed by atoms with E-state index in [1.807, 2.05) is 32.7 Å². The highest BCUT2D eigenvalue weighted by atomic mass is 16.2. The van der Waals surface area contributed by atoms with E-state index in [9.17, 15) is 4.79 Å². The number of carbonyl (C=O) groups is 1. The molecule has 16 heavy (non-hydrogen) atoms. The van der Waals surface area contributed by atoms with Crippen LogP contribution in [0.15, 0.2) is 0 Å². The minimum absolute atomic E-state index is 0.0436. The largest absolute Gasteiger partial charge is 0.333 e. The van der Waals surface area contributed by atoms with Crippen LogP contribution in [0.1, 0.15) is 33.6 Å². The first kappa shape index (κ1) is 13.3. The van der Waals surface area contributed by atoms with Gasteiger partial charge in [0.2, 0.25) is 0 Å². The Balaban J connectivity index is 2.45. The Kier molecular flexibility index (Phi) is 4.19. The number of nitrogens with one attached hydrogen (secondary N) is 1. The van der Waals surface area contributed by atoms with Crippen molar-refractivity contribution in [3.8, 4) is 0 Å². The van der Waals surface area contributed by atoms with E-state index in [0.717, 1.165) is 25.9 Å². The molecule has 1 fully saturated rings. The molecule has 0 radical (unpaired) electrons. The van der Waals surface area contributed by atoms with Gasteiger partial charge in [0.25, 0.3) is 0 Å². The van der Waals surface area contributed by atoms with Gasteiger partial charge < -0.3 is 15.1 Å². The highest BCUT2D eigenvalue weighted by Crippen LogP contribution is 2.14. The van der Waals surface area contributed by atoms with Gasteiger partial charge >= 0.3 is 6.03 Å². The van der Waals surface area contributed by atoms with Crippen LogP contribution >= 0.6 is 0 Å². The number of piperidine rings is 1. The van der Waals surface area contributed by atoms with Gasteiger partial charge in [-0.1, -0.05) is 0 Å². The summed E-state index contributed by atoms with van der Waals surface area (Å²) in [5.41, 5.74) is -0.156. The van der Waals surface area contributed by atoms with Crippen molar-refractivity contribution >= 4 is 6.03 Å². The molecule has 0 saturated carbocycles.